The number of likely N-dealkylation sites (tertiary alicyclic amines) is 1. The van der Waals surface area contributed by atoms with E-state index in [0.717, 1.165) is 24.0 Å². The maximum Gasteiger partial charge on any atom is 0.275 e. The second kappa shape index (κ2) is 7.35. The van der Waals surface area contributed by atoms with Gasteiger partial charge in [0.15, 0.2) is 11.6 Å². The molecule has 0 radical (unpaired) electrons. The van der Waals surface area contributed by atoms with Gasteiger partial charge >= 0.3 is 0 Å². The molecule has 29 heavy (non-hydrogen) atoms. The Morgan fingerprint density at radius 2 is 2.17 bits per heavy atom. The maximum absolute atomic E-state index is 13.1. The number of anilines is 1. The molecular formula is C21H25N5O3. The summed E-state index contributed by atoms with van der Waals surface area (Å²) in [7, 11) is 0. The molecular weight excluding hydrogens is 370 g/mol. The van der Waals surface area contributed by atoms with E-state index in [9.17, 15) is 9.59 Å². The summed E-state index contributed by atoms with van der Waals surface area (Å²) in [5.74, 6) is 0.152. The van der Waals surface area contributed by atoms with Crippen molar-refractivity contribution in [2.24, 2.45) is 5.41 Å². The number of hydrogen-bond donors (Lipinski definition) is 1. The first-order valence-corrected chi connectivity index (χ1v) is 9.87. The molecule has 1 unspecified atom stereocenters. The minimum absolute atomic E-state index is 0.0967. The van der Waals surface area contributed by atoms with E-state index in [1.807, 2.05) is 25.1 Å². The Morgan fingerprint density at radius 1 is 1.34 bits per heavy atom. The number of nitrogens with zero attached hydrogens (tertiary/aromatic N) is 4. The SMILES string of the molecule is CCn1cnc2cc(NC(=O)C3(C)CCCN(C(=O)c4coc(C)n4)C3)ccc21. The number of fused-ring (bicyclic) bond motifs is 1. The van der Waals surface area contributed by atoms with Crippen molar-refractivity contribution in [3.05, 3.63) is 42.4 Å². The highest BCUT2D eigenvalue weighted by atomic mass is 16.3. The number of piperidine rings is 1. The topological polar surface area (TPSA) is 93.3 Å². The molecule has 3 aromatic rings. The predicted octanol–water partition coefficient (Wildman–Crippen LogP) is 3.23. The highest BCUT2D eigenvalue weighted by Crippen LogP contribution is 2.32. The van der Waals surface area contributed by atoms with Gasteiger partial charge in [-0.05, 0) is 44.9 Å². The largest absolute Gasteiger partial charge is 0.448 e. The fraction of sp³-hybridized carbons (Fsp3) is 0.429. The maximum atomic E-state index is 13.1. The van der Waals surface area contributed by atoms with Crippen LogP contribution in [0.1, 0.15) is 43.1 Å². The Bertz CT molecular complexity index is 1070. The van der Waals surface area contributed by atoms with E-state index in [1.54, 1.807) is 18.2 Å². The Balaban J connectivity index is 1.49. The molecule has 8 nitrogen and oxygen atoms in total. The normalized spacial score (nSPS) is 19.5. The van der Waals surface area contributed by atoms with Gasteiger partial charge in [0.25, 0.3) is 5.91 Å². The summed E-state index contributed by atoms with van der Waals surface area (Å²) in [6.45, 7) is 7.46. The molecule has 1 aromatic carbocycles. The number of oxazole rings is 1. The van der Waals surface area contributed by atoms with Crippen molar-refractivity contribution in [1.82, 2.24) is 19.4 Å². The summed E-state index contributed by atoms with van der Waals surface area (Å²) in [6.07, 6.45) is 4.64. The van der Waals surface area contributed by atoms with Crippen molar-refractivity contribution in [3.8, 4) is 0 Å². The zero-order valence-corrected chi connectivity index (χ0v) is 16.9. The molecule has 0 bridgehead atoms. The first-order chi connectivity index (χ1) is 13.9. The average Bonchev–Trinajstić information content (AvgIpc) is 3.33. The molecule has 1 fully saturated rings. The molecule has 0 spiro atoms. The third-order valence-corrected chi connectivity index (χ3v) is 5.59. The number of aryl methyl sites for hydroxylation is 2. The van der Waals surface area contributed by atoms with Gasteiger partial charge in [-0.2, -0.15) is 0 Å². The van der Waals surface area contributed by atoms with Crippen LogP contribution in [0.4, 0.5) is 5.69 Å². The predicted molar refractivity (Wildman–Crippen MR) is 109 cm³/mol. The second-order valence-electron chi connectivity index (χ2n) is 7.83. The summed E-state index contributed by atoms with van der Waals surface area (Å²) in [4.78, 5) is 36.0. The summed E-state index contributed by atoms with van der Waals surface area (Å²) in [6, 6.07) is 5.74. The van der Waals surface area contributed by atoms with Crippen LogP contribution in [0.3, 0.4) is 0 Å². The number of carbonyl (C=O) groups excluding carboxylic acids is 2. The van der Waals surface area contributed by atoms with Crippen LogP contribution < -0.4 is 5.32 Å². The van der Waals surface area contributed by atoms with Crippen LogP contribution in [0.5, 0.6) is 0 Å². The van der Waals surface area contributed by atoms with Crippen LogP contribution >= 0.6 is 0 Å². The van der Waals surface area contributed by atoms with Gasteiger partial charge in [-0.1, -0.05) is 0 Å². The lowest BCUT2D eigenvalue weighted by atomic mass is 9.80. The highest BCUT2D eigenvalue weighted by molar-refractivity contribution is 5.98. The number of aromatic nitrogens is 3. The lowest BCUT2D eigenvalue weighted by Gasteiger charge is -2.39. The molecule has 2 amide bonds. The molecule has 1 aliphatic rings. The van der Waals surface area contributed by atoms with Crippen molar-refractivity contribution < 1.29 is 14.0 Å². The van der Waals surface area contributed by atoms with E-state index in [0.29, 0.717) is 31.1 Å². The highest BCUT2D eigenvalue weighted by Gasteiger charge is 2.40. The molecule has 152 valence electrons. The van der Waals surface area contributed by atoms with Crippen LogP contribution in [0, 0.1) is 12.3 Å². The van der Waals surface area contributed by atoms with E-state index in [2.05, 4.69) is 26.8 Å². The minimum Gasteiger partial charge on any atom is -0.448 e. The van der Waals surface area contributed by atoms with Gasteiger partial charge < -0.3 is 19.2 Å². The Labute approximate surface area is 168 Å². The van der Waals surface area contributed by atoms with E-state index in [1.165, 1.54) is 6.26 Å². The lowest BCUT2D eigenvalue weighted by molar-refractivity contribution is -0.127. The Hall–Kier alpha value is -3.16. The molecule has 1 saturated heterocycles. The van der Waals surface area contributed by atoms with Crippen LogP contribution in [-0.2, 0) is 11.3 Å². The fourth-order valence-electron chi connectivity index (χ4n) is 3.90. The number of amides is 2. The number of nitrogens with one attached hydrogen (secondary N) is 1. The monoisotopic (exact) mass is 395 g/mol. The van der Waals surface area contributed by atoms with Gasteiger partial charge in [0.2, 0.25) is 5.91 Å². The summed E-state index contributed by atoms with van der Waals surface area (Å²) in [5.41, 5.74) is 2.19. The number of benzene rings is 1. The standard InChI is InChI=1S/C21H25N5O3/c1-4-25-13-22-16-10-15(6-7-18(16)25)24-20(28)21(3)8-5-9-26(12-21)19(27)17-11-29-14(2)23-17/h6-7,10-11,13H,4-5,8-9,12H2,1-3H3,(H,24,28). The number of hydrogen-bond acceptors (Lipinski definition) is 5. The van der Waals surface area contributed by atoms with Gasteiger partial charge in [0.05, 0.1) is 22.8 Å². The molecule has 1 atom stereocenters. The lowest BCUT2D eigenvalue weighted by Crippen LogP contribution is -2.50. The summed E-state index contributed by atoms with van der Waals surface area (Å²) >= 11 is 0. The third-order valence-electron chi connectivity index (χ3n) is 5.59. The van der Waals surface area contributed by atoms with Crippen LogP contribution in [0.25, 0.3) is 11.0 Å². The van der Waals surface area contributed by atoms with E-state index < -0.39 is 5.41 Å². The Morgan fingerprint density at radius 3 is 2.90 bits per heavy atom. The van der Waals surface area contributed by atoms with Gasteiger partial charge in [0.1, 0.15) is 6.26 Å². The molecule has 2 aromatic heterocycles. The van der Waals surface area contributed by atoms with Gasteiger partial charge in [0, 0.05) is 32.2 Å². The van der Waals surface area contributed by atoms with Crippen LogP contribution in [0.15, 0.2) is 35.2 Å². The number of imidazole rings is 1. The molecule has 4 rings (SSSR count). The minimum atomic E-state index is -0.676. The van der Waals surface area contributed by atoms with Crippen molar-refractivity contribution in [2.45, 2.75) is 40.2 Å². The van der Waals surface area contributed by atoms with Gasteiger partial charge in [-0.3, -0.25) is 9.59 Å². The van der Waals surface area contributed by atoms with Crippen molar-refractivity contribution >= 4 is 28.5 Å². The van der Waals surface area contributed by atoms with Crippen molar-refractivity contribution in [1.29, 1.82) is 0 Å². The molecule has 0 aliphatic carbocycles. The average molecular weight is 395 g/mol. The van der Waals surface area contributed by atoms with E-state index >= 15 is 0 Å². The fourth-order valence-corrected chi connectivity index (χ4v) is 3.90. The van der Waals surface area contributed by atoms with E-state index in [-0.39, 0.29) is 17.5 Å². The molecule has 0 saturated carbocycles. The van der Waals surface area contributed by atoms with Crippen molar-refractivity contribution in [2.75, 3.05) is 18.4 Å². The van der Waals surface area contributed by atoms with Crippen LogP contribution in [0.2, 0.25) is 0 Å². The zero-order chi connectivity index (χ0) is 20.6. The van der Waals surface area contributed by atoms with Crippen LogP contribution in [-0.4, -0.2) is 44.3 Å². The second-order valence-corrected chi connectivity index (χ2v) is 7.83. The molecule has 1 N–H and O–H groups in total. The molecule has 1 aliphatic heterocycles. The molecule has 8 heteroatoms. The summed E-state index contributed by atoms with van der Waals surface area (Å²) < 4.78 is 7.21. The number of rotatable bonds is 4. The first kappa shape index (κ1) is 19.2. The van der Waals surface area contributed by atoms with Gasteiger partial charge in [-0.15, -0.1) is 0 Å². The number of carbonyl (C=O) groups is 2. The third kappa shape index (κ3) is 3.62. The van der Waals surface area contributed by atoms with Crippen molar-refractivity contribution in [3.63, 3.8) is 0 Å². The Kier molecular flexibility index (Phi) is 4.86. The van der Waals surface area contributed by atoms with E-state index in [4.69, 9.17) is 4.42 Å². The zero-order valence-electron chi connectivity index (χ0n) is 16.9. The van der Waals surface area contributed by atoms with Gasteiger partial charge in [-0.25, -0.2) is 9.97 Å². The summed E-state index contributed by atoms with van der Waals surface area (Å²) in [5, 5.41) is 3.01. The quantitative estimate of drug-likeness (QED) is 0.732. The first-order valence-electron chi connectivity index (χ1n) is 9.87. The molecule has 3 heterocycles. The smallest absolute Gasteiger partial charge is 0.275 e.